The second kappa shape index (κ2) is 6.37. The van der Waals surface area contributed by atoms with Crippen molar-refractivity contribution in [3.05, 3.63) is 69.3 Å². The van der Waals surface area contributed by atoms with Crippen LogP contribution >= 0.6 is 0 Å². The molecule has 0 radical (unpaired) electrons. The number of nitro groups is 1. The van der Waals surface area contributed by atoms with Crippen LogP contribution in [0.1, 0.15) is 29.7 Å². The quantitative estimate of drug-likeness (QED) is 0.674. The van der Waals surface area contributed by atoms with Crippen LogP contribution in [0.5, 0.6) is 5.75 Å². The minimum absolute atomic E-state index is 0.0343. The molecule has 0 bridgehead atoms. The minimum Gasteiger partial charge on any atom is -0.488 e. The van der Waals surface area contributed by atoms with Crippen LogP contribution in [-0.4, -0.2) is 4.92 Å². The first-order chi connectivity index (χ1) is 9.99. The summed E-state index contributed by atoms with van der Waals surface area (Å²) in [7, 11) is 0. The van der Waals surface area contributed by atoms with Crippen LogP contribution in [0.15, 0.2) is 42.5 Å². The van der Waals surface area contributed by atoms with E-state index in [4.69, 9.17) is 10.5 Å². The summed E-state index contributed by atoms with van der Waals surface area (Å²) in [6.45, 7) is 4.01. The van der Waals surface area contributed by atoms with Crippen LogP contribution in [0.4, 0.5) is 5.69 Å². The van der Waals surface area contributed by atoms with Gasteiger partial charge in [0.25, 0.3) is 5.69 Å². The summed E-state index contributed by atoms with van der Waals surface area (Å²) in [5.41, 5.74) is 8.45. The molecule has 0 unspecified atom stereocenters. The Kier molecular flexibility index (Phi) is 4.55. The van der Waals surface area contributed by atoms with Gasteiger partial charge in [0.2, 0.25) is 0 Å². The van der Waals surface area contributed by atoms with E-state index >= 15 is 0 Å². The molecule has 2 aromatic rings. The number of hydrogen-bond acceptors (Lipinski definition) is 4. The molecule has 0 aliphatic rings. The van der Waals surface area contributed by atoms with Crippen molar-refractivity contribution >= 4 is 5.69 Å². The second-order valence-electron chi connectivity index (χ2n) is 4.99. The van der Waals surface area contributed by atoms with E-state index in [9.17, 15) is 10.1 Å². The van der Waals surface area contributed by atoms with E-state index in [0.717, 1.165) is 11.1 Å². The monoisotopic (exact) mass is 286 g/mol. The Morgan fingerprint density at radius 2 is 2.00 bits per heavy atom. The Hall–Kier alpha value is -2.40. The Balaban J connectivity index is 2.15. The molecule has 110 valence electrons. The molecular formula is C16H18N2O3. The SMILES string of the molecule is Cc1cc([C@@H](C)N)ccc1OCc1ccccc1[N+](=O)[O-]. The van der Waals surface area contributed by atoms with Crippen molar-refractivity contribution in [2.75, 3.05) is 0 Å². The number of benzene rings is 2. The van der Waals surface area contributed by atoms with Gasteiger partial charge < -0.3 is 10.5 Å². The molecule has 0 aliphatic carbocycles. The first kappa shape index (κ1) is 15.0. The third-order valence-electron chi connectivity index (χ3n) is 3.30. The lowest BCUT2D eigenvalue weighted by atomic mass is 10.1. The zero-order chi connectivity index (χ0) is 15.4. The lowest BCUT2D eigenvalue weighted by molar-refractivity contribution is -0.385. The van der Waals surface area contributed by atoms with Crippen molar-refractivity contribution in [3.63, 3.8) is 0 Å². The fourth-order valence-corrected chi connectivity index (χ4v) is 2.08. The van der Waals surface area contributed by atoms with Crippen LogP contribution < -0.4 is 10.5 Å². The van der Waals surface area contributed by atoms with Gasteiger partial charge in [0.1, 0.15) is 12.4 Å². The highest BCUT2D eigenvalue weighted by atomic mass is 16.6. The fourth-order valence-electron chi connectivity index (χ4n) is 2.08. The van der Waals surface area contributed by atoms with Gasteiger partial charge in [-0.3, -0.25) is 10.1 Å². The summed E-state index contributed by atoms with van der Waals surface area (Å²) in [5.74, 6) is 0.706. The molecular weight excluding hydrogens is 268 g/mol. The Labute approximate surface area is 123 Å². The topological polar surface area (TPSA) is 78.4 Å². The normalized spacial score (nSPS) is 12.0. The average molecular weight is 286 g/mol. The molecule has 0 amide bonds. The molecule has 0 spiro atoms. The van der Waals surface area contributed by atoms with Gasteiger partial charge >= 0.3 is 0 Å². The number of nitrogens with zero attached hydrogens (tertiary/aromatic N) is 1. The van der Waals surface area contributed by atoms with Gasteiger partial charge in [-0.1, -0.05) is 24.3 Å². The van der Waals surface area contributed by atoms with E-state index in [1.165, 1.54) is 6.07 Å². The van der Waals surface area contributed by atoms with Crippen LogP contribution in [0.25, 0.3) is 0 Å². The third kappa shape index (κ3) is 3.58. The molecule has 0 aliphatic heterocycles. The highest BCUT2D eigenvalue weighted by Crippen LogP contribution is 2.24. The summed E-state index contributed by atoms with van der Waals surface area (Å²) in [4.78, 5) is 10.6. The van der Waals surface area contributed by atoms with Crippen molar-refractivity contribution in [1.82, 2.24) is 0 Å². The predicted molar refractivity (Wildman–Crippen MR) is 81.2 cm³/mol. The summed E-state index contributed by atoms with van der Waals surface area (Å²) < 4.78 is 5.70. The number of aryl methyl sites for hydroxylation is 1. The fraction of sp³-hybridized carbons (Fsp3) is 0.250. The van der Waals surface area contributed by atoms with Gasteiger partial charge in [0.05, 0.1) is 10.5 Å². The number of para-hydroxylation sites is 1. The first-order valence-electron chi connectivity index (χ1n) is 6.70. The second-order valence-corrected chi connectivity index (χ2v) is 4.99. The summed E-state index contributed by atoms with van der Waals surface area (Å²) in [6.07, 6.45) is 0. The maximum Gasteiger partial charge on any atom is 0.276 e. The van der Waals surface area contributed by atoms with Gasteiger partial charge in [-0.2, -0.15) is 0 Å². The number of nitrogens with two attached hydrogens (primary N) is 1. The van der Waals surface area contributed by atoms with Crippen LogP contribution in [0.2, 0.25) is 0 Å². The van der Waals surface area contributed by atoms with Crippen LogP contribution in [0.3, 0.4) is 0 Å². The van der Waals surface area contributed by atoms with Gasteiger partial charge in [-0.25, -0.2) is 0 Å². The molecule has 21 heavy (non-hydrogen) atoms. The molecule has 2 rings (SSSR count). The molecule has 5 heteroatoms. The molecule has 0 saturated carbocycles. The Morgan fingerprint density at radius 3 is 2.62 bits per heavy atom. The highest BCUT2D eigenvalue weighted by Gasteiger charge is 2.13. The van der Waals surface area contributed by atoms with Gasteiger partial charge in [0, 0.05) is 12.1 Å². The van der Waals surface area contributed by atoms with Crippen LogP contribution in [-0.2, 0) is 6.61 Å². The van der Waals surface area contributed by atoms with Crippen molar-refractivity contribution in [2.24, 2.45) is 5.73 Å². The molecule has 0 fully saturated rings. The lowest BCUT2D eigenvalue weighted by Gasteiger charge is -2.12. The Morgan fingerprint density at radius 1 is 1.29 bits per heavy atom. The standard InChI is InChI=1S/C16H18N2O3/c1-11-9-13(12(2)17)7-8-16(11)21-10-14-5-3-4-6-15(14)18(19)20/h3-9,12H,10,17H2,1-2H3/t12-/m1/s1. The summed E-state index contributed by atoms with van der Waals surface area (Å²) in [6, 6.07) is 12.3. The first-order valence-corrected chi connectivity index (χ1v) is 6.70. The molecule has 5 nitrogen and oxygen atoms in total. The van der Waals surface area contributed by atoms with E-state index in [1.807, 2.05) is 32.0 Å². The maximum atomic E-state index is 11.0. The predicted octanol–water partition coefficient (Wildman–Crippen LogP) is 3.50. The van der Waals surface area contributed by atoms with Crippen molar-refractivity contribution in [2.45, 2.75) is 26.5 Å². The van der Waals surface area contributed by atoms with E-state index < -0.39 is 4.92 Å². The van der Waals surface area contributed by atoms with Gasteiger partial charge in [0.15, 0.2) is 0 Å². The smallest absolute Gasteiger partial charge is 0.276 e. The zero-order valence-electron chi connectivity index (χ0n) is 12.1. The van der Waals surface area contributed by atoms with E-state index in [2.05, 4.69) is 0 Å². The maximum absolute atomic E-state index is 11.0. The van der Waals surface area contributed by atoms with Gasteiger partial charge in [-0.15, -0.1) is 0 Å². The lowest BCUT2D eigenvalue weighted by Crippen LogP contribution is -2.06. The average Bonchev–Trinajstić information content (AvgIpc) is 2.46. The molecule has 2 N–H and O–H groups in total. The number of nitro benzene ring substituents is 1. The minimum atomic E-state index is -0.398. The van der Waals surface area contributed by atoms with Gasteiger partial charge in [-0.05, 0) is 37.1 Å². The largest absolute Gasteiger partial charge is 0.488 e. The van der Waals surface area contributed by atoms with Crippen molar-refractivity contribution < 1.29 is 9.66 Å². The van der Waals surface area contributed by atoms with Crippen LogP contribution in [0, 0.1) is 17.0 Å². The summed E-state index contributed by atoms with van der Waals surface area (Å²) in [5, 5.41) is 11.0. The molecule has 0 heterocycles. The molecule has 2 aromatic carbocycles. The molecule has 1 atom stereocenters. The van der Waals surface area contributed by atoms with E-state index in [1.54, 1.807) is 18.2 Å². The Bertz CT molecular complexity index is 654. The number of rotatable bonds is 5. The van der Waals surface area contributed by atoms with Crippen molar-refractivity contribution in [1.29, 1.82) is 0 Å². The number of hydrogen-bond donors (Lipinski definition) is 1. The van der Waals surface area contributed by atoms with E-state index in [-0.39, 0.29) is 18.3 Å². The zero-order valence-corrected chi connectivity index (χ0v) is 12.1. The van der Waals surface area contributed by atoms with E-state index in [0.29, 0.717) is 11.3 Å². The molecule has 0 aromatic heterocycles. The third-order valence-corrected chi connectivity index (χ3v) is 3.30. The van der Waals surface area contributed by atoms with Crippen molar-refractivity contribution in [3.8, 4) is 5.75 Å². The number of ether oxygens (including phenoxy) is 1. The molecule has 0 saturated heterocycles. The highest BCUT2D eigenvalue weighted by molar-refractivity contribution is 5.41. The summed E-state index contributed by atoms with van der Waals surface area (Å²) >= 11 is 0.